The summed E-state index contributed by atoms with van der Waals surface area (Å²) < 4.78 is 9.38. The highest BCUT2D eigenvalue weighted by molar-refractivity contribution is 5.99. The molecule has 0 atom stereocenters. The van der Waals surface area contributed by atoms with Gasteiger partial charge in [-0.1, -0.05) is 0 Å². The molecule has 0 saturated carbocycles. The molecule has 0 spiro atoms. The first-order chi connectivity index (χ1) is 13.0. The van der Waals surface area contributed by atoms with E-state index in [9.17, 15) is 14.4 Å². The fourth-order valence-corrected chi connectivity index (χ4v) is 2.41. The number of ether oxygens (including phenoxy) is 2. The lowest BCUT2D eigenvalue weighted by Crippen LogP contribution is -2.34. The first-order valence-electron chi connectivity index (χ1n) is 8.25. The van der Waals surface area contributed by atoms with Crippen molar-refractivity contribution in [3.8, 4) is 0 Å². The van der Waals surface area contributed by atoms with Gasteiger partial charge in [-0.15, -0.1) is 0 Å². The van der Waals surface area contributed by atoms with Gasteiger partial charge in [-0.3, -0.25) is 4.98 Å². The van der Waals surface area contributed by atoms with Gasteiger partial charge < -0.3 is 19.7 Å². The Kier molecular flexibility index (Phi) is 6.87. The number of amides is 2. The molecule has 8 heteroatoms. The minimum Gasteiger partial charge on any atom is -0.465 e. The van der Waals surface area contributed by atoms with Crippen LogP contribution in [-0.2, 0) is 16.0 Å². The zero-order valence-electron chi connectivity index (χ0n) is 15.4. The van der Waals surface area contributed by atoms with Crippen LogP contribution in [0.2, 0.25) is 0 Å². The molecule has 0 aliphatic rings. The molecule has 27 heavy (non-hydrogen) atoms. The number of benzene rings is 1. The maximum absolute atomic E-state index is 12.6. The van der Waals surface area contributed by atoms with Crippen LogP contribution in [0.5, 0.6) is 0 Å². The average Bonchev–Trinajstić information content (AvgIpc) is 2.71. The van der Waals surface area contributed by atoms with Gasteiger partial charge in [0.2, 0.25) is 0 Å². The van der Waals surface area contributed by atoms with Gasteiger partial charge in [0.1, 0.15) is 0 Å². The van der Waals surface area contributed by atoms with Crippen molar-refractivity contribution in [1.82, 2.24) is 9.88 Å². The quantitative estimate of drug-likeness (QED) is 0.784. The van der Waals surface area contributed by atoms with Gasteiger partial charge in [-0.05, 0) is 42.8 Å². The number of methoxy groups -OCH3 is 2. The van der Waals surface area contributed by atoms with E-state index in [1.807, 2.05) is 19.1 Å². The highest BCUT2D eigenvalue weighted by Crippen LogP contribution is 2.18. The fraction of sp³-hybridized carbons (Fsp3) is 0.263. The lowest BCUT2D eigenvalue weighted by molar-refractivity contribution is 0.0599. The highest BCUT2D eigenvalue weighted by Gasteiger charge is 2.17. The molecule has 0 saturated heterocycles. The number of carbonyl (C=O) groups is 3. The van der Waals surface area contributed by atoms with Gasteiger partial charge in [0.25, 0.3) is 0 Å². The zero-order valence-corrected chi connectivity index (χ0v) is 15.4. The number of urea groups is 1. The van der Waals surface area contributed by atoms with Crippen LogP contribution in [0.1, 0.15) is 33.2 Å². The van der Waals surface area contributed by atoms with Gasteiger partial charge in [-0.2, -0.15) is 0 Å². The molecular weight excluding hydrogens is 350 g/mol. The lowest BCUT2D eigenvalue weighted by Gasteiger charge is -2.21. The second-order valence-electron chi connectivity index (χ2n) is 5.58. The van der Waals surface area contributed by atoms with E-state index in [4.69, 9.17) is 9.47 Å². The van der Waals surface area contributed by atoms with E-state index >= 15 is 0 Å². The Morgan fingerprint density at radius 3 is 2.04 bits per heavy atom. The second kappa shape index (κ2) is 9.33. The van der Waals surface area contributed by atoms with Crippen molar-refractivity contribution in [2.24, 2.45) is 0 Å². The molecule has 142 valence electrons. The van der Waals surface area contributed by atoms with Crippen molar-refractivity contribution < 1.29 is 23.9 Å². The molecule has 1 aromatic carbocycles. The number of pyridine rings is 1. The van der Waals surface area contributed by atoms with E-state index in [0.717, 1.165) is 5.56 Å². The van der Waals surface area contributed by atoms with Crippen LogP contribution in [0.15, 0.2) is 42.7 Å². The Balaban J connectivity index is 2.24. The number of rotatable bonds is 6. The predicted molar refractivity (Wildman–Crippen MR) is 98.5 cm³/mol. The summed E-state index contributed by atoms with van der Waals surface area (Å²) in [6.07, 6.45) is 3.31. The highest BCUT2D eigenvalue weighted by atomic mass is 16.5. The van der Waals surface area contributed by atoms with E-state index in [1.54, 1.807) is 17.3 Å². The summed E-state index contributed by atoms with van der Waals surface area (Å²) >= 11 is 0. The molecule has 1 aromatic heterocycles. The van der Waals surface area contributed by atoms with Crippen LogP contribution in [0.25, 0.3) is 0 Å². The average molecular weight is 371 g/mol. The smallest absolute Gasteiger partial charge is 0.337 e. The topological polar surface area (TPSA) is 97.8 Å². The number of anilines is 1. The van der Waals surface area contributed by atoms with E-state index < -0.39 is 11.9 Å². The number of hydrogen-bond acceptors (Lipinski definition) is 6. The monoisotopic (exact) mass is 371 g/mol. The van der Waals surface area contributed by atoms with Crippen LogP contribution in [-0.4, -0.2) is 48.6 Å². The van der Waals surface area contributed by atoms with Gasteiger partial charge in [0.05, 0.1) is 25.3 Å². The summed E-state index contributed by atoms with van der Waals surface area (Å²) in [5, 5.41) is 2.71. The number of hydrogen-bond donors (Lipinski definition) is 1. The van der Waals surface area contributed by atoms with Crippen molar-refractivity contribution in [1.29, 1.82) is 0 Å². The maximum Gasteiger partial charge on any atom is 0.337 e. The Morgan fingerprint density at radius 1 is 1.00 bits per heavy atom. The van der Waals surface area contributed by atoms with Gasteiger partial charge >= 0.3 is 18.0 Å². The normalized spacial score (nSPS) is 10.0. The standard InChI is InChI=1S/C19H21N3O5/c1-4-22(12-13-5-7-20-8-6-13)19(25)21-16-10-14(17(23)26-2)9-15(11-16)18(24)27-3/h5-11H,4,12H2,1-3H3,(H,21,25). The Hall–Kier alpha value is -3.42. The van der Waals surface area contributed by atoms with Crippen molar-refractivity contribution in [3.63, 3.8) is 0 Å². The summed E-state index contributed by atoms with van der Waals surface area (Å²) in [6.45, 7) is 2.71. The number of carbonyl (C=O) groups excluding carboxylic acids is 3. The molecule has 0 bridgehead atoms. The number of aromatic nitrogens is 1. The van der Waals surface area contributed by atoms with Crippen LogP contribution >= 0.6 is 0 Å². The molecular formula is C19H21N3O5. The largest absolute Gasteiger partial charge is 0.465 e. The van der Waals surface area contributed by atoms with Crippen LogP contribution in [0, 0.1) is 0 Å². The molecule has 2 aromatic rings. The summed E-state index contributed by atoms with van der Waals surface area (Å²) in [6, 6.07) is 7.51. The lowest BCUT2D eigenvalue weighted by atomic mass is 10.1. The van der Waals surface area contributed by atoms with Crippen LogP contribution in [0.3, 0.4) is 0 Å². The number of nitrogens with zero attached hydrogens (tertiary/aromatic N) is 2. The van der Waals surface area contributed by atoms with Crippen molar-refractivity contribution in [2.75, 3.05) is 26.1 Å². The Bertz CT molecular complexity index is 789. The molecule has 0 fully saturated rings. The molecule has 2 amide bonds. The summed E-state index contributed by atoms with van der Waals surface area (Å²) in [4.78, 5) is 41.8. The fourth-order valence-electron chi connectivity index (χ4n) is 2.41. The molecule has 0 radical (unpaired) electrons. The van der Waals surface area contributed by atoms with Crippen LogP contribution in [0.4, 0.5) is 10.5 Å². The molecule has 0 unspecified atom stereocenters. The third-order valence-electron chi connectivity index (χ3n) is 3.82. The molecule has 0 aliphatic carbocycles. The second-order valence-corrected chi connectivity index (χ2v) is 5.58. The van der Waals surface area contributed by atoms with E-state index in [2.05, 4.69) is 10.3 Å². The van der Waals surface area contributed by atoms with Gasteiger partial charge in [0, 0.05) is 31.2 Å². The minimum absolute atomic E-state index is 0.132. The molecule has 2 rings (SSSR count). The first kappa shape index (κ1) is 19.9. The van der Waals surface area contributed by atoms with E-state index in [-0.39, 0.29) is 22.8 Å². The zero-order chi connectivity index (χ0) is 19.8. The first-order valence-corrected chi connectivity index (χ1v) is 8.25. The number of esters is 2. The molecule has 8 nitrogen and oxygen atoms in total. The summed E-state index contributed by atoms with van der Waals surface area (Å²) in [5.41, 5.74) is 1.48. The minimum atomic E-state index is -0.625. The van der Waals surface area contributed by atoms with Crippen molar-refractivity contribution >= 4 is 23.7 Å². The summed E-state index contributed by atoms with van der Waals surface area (Å²) in [5.74, 6) is -1.25. The Morgan fingerprint density at radius 2 is 1.56 bits per heavy atom. The van der Waals surface area contributed by atoms with Crippen LogP contribution < -0.4 is 5.32 Å². The summed E-state index contributed by atoms with van der Waals surface area (Å²) in [7, 11) is 2.47. The van der Waals surface area contributed by atoms with E-state index in [1.165, 1.54) is 32.4 Å². The third-order valence-corrected chi connectivity index (χ3v) is 3.82. The number of nitrogens with one attached hydrogen (secondary N) is 1. The third kappa shape index (κ3) is 5.27. The molecule has 1 N–H and O–H groups in total. The van der Waals surface area contributed by atoms with Crippen molar-refractivity contribution in [2.45, 2.75) is 13.5 Å². The molecule has 1 heterocycles. The Labute approximate surface area is 157 Å². The SMILES string of the molecule is CCN(Cc1ccncc1)C(=O)Nc1cc(C(=O)OC)cc(C(=O)OC)c1. The van der Waals surface area contributed by atoms with Crippen molar-refractivity contribution in [3.05, 3.63) is 59.4 Å². The van der Waals surface area contributed by atoms with Gasteiger partial charge in [-0.25, -0.2) is 14.4 Å². The van der Waals surface area contributed by atoms with Gasteiger partial charge in [0.15, 0.2) is 0 Å². The maximum atomic E-state index is 12.6. The molecule has 0 aliphatic heterocycles. The predicted octanol–water partition coefficient (Wildman–Crippen LogP) is 2.71. The van der Waals surface area contributed by atoms with E-state index in [0.29, 0.717) is 13.1 Å².